The Hall–Kier alpha value is -0.160. The molecule has 1 atom stereocenters. The van der Waals surface area contributed by atoms with Gasteiger partial charge in [0, 0.05) is 31.7 Å². The minimum Gasteiger partial charge on any atom is -0.389 e. The van der Waals surface area contributed by atoms with E-state index in [2.05, 4.69) is 37.9 Å². The predicted molar refractivity (Wildman–Crippen MR) is 76.9 cm³/mol. The molecule has 0 aromatic rings. The van der Waals surface area contributed by atoms with Crippen molar-refractivity contribution in [2.24, 2.45) is 0 Å². The second-order valence-electron chi connectivity index (χ2n) is 5.67. The van der Waals surface area contributed by atoms with Gasteiger partial charge < -0.3 is 15.2 Å². The Morgan fingerprint density at radius 1 is 1.06 bits per heavy atom. The maximum atomic E-state index is 9.68. The van der Waals surface area contributed by atoms with Crippen LogP contribution in [0.1, 0.15) is 41.5 Å². The van der Waals surface area contributed by atoms with E-state index in [9.17, 15) is 5.11 Å². The van der Waals surface area contributed by atoms with Gasteiger partial charge in [0.25, 0.3) is 0 Å². The van der Waals surface area contributed by atoms with Gasteiger partial charge in [0.2, 0.25) is 0 Å². The fourth-order valence-corrected chi connectivity index (χ4v) is 1.95. The van der Waals surface area contributed by atoms with Crippen molar-refractivity contribution in [1.82, 2.24) is 10.2 Å². The summed E-state index contributed by atoms with van der Waals surface area (Å²) in [4.78, 5) is 2.43. The molecule has 0 rings (SSSR count). The van der Waals surface area contributed by atoms with Crippen LogP contribution in [0.2, 0.25) is 0 Å². The third kappa shape index (κ3) is 8.86. The van der Waals surface area contributed by atoms with Crippen LogP contribution in [0.5, 0.6) is 0 Å². The zero-order chi connectivity index (χ0) is 14.1. The van der Waals surface area contributed by atoms with Gasteiger partial charge in [-0.2, -0.15) is 0 Å². The van der Waals surface area contributed by atoms with Gasteiger partial charge in [0.1, 0.15) is 0 Å². The largest absolute Gasteiger partial charge is 0.389 e. The predicted octanol–water partition coefficient (Wildman–Crippen LogP) is 1.48. The van der Waals surface area contributed by atoms with Crippen LogP contribution in [0.4, 0.5) is 0 Å². The molecule has 0 aliphatic carbocycles. The van der Waals surface area contributed by atoms with Gasteiger partial charge in [0.15, 0.2) is 0 Å². The molecule has 0 fully saturated rings. The molecule has 0 heterocycles. The number of aliphatic hydroxyl groups is 1. The SMILES string of the molecule is CC(C)OCC(O)CNCCN(C(C)C)C(C)C. The lowest BCUT2D eigenvalue weighted by molar-refractivity contribution is 0.00614. The molecular weight excluding hydrogens is 228 g/mol. The molecule has 4 nitrogen and oxygen atoms in total. The van der Waals surface area contributed by atoms with Crippen LogP contribution in [0, 0.1) is 0 Å². The quantitative estimate of drug-likeness (QED) is 0.584. The van der Waals surface area contributed by atoms with Crippen LogP contribution >= 0.6 is 0 Å². The summed E-state index contributed by atoms with van der Waals surface area (Å²) in [6.45, 7) is 15.7. The van der Waals surface area contributed by atoms with E-state index in [1.807, 2.05) is 13.8 Å². The number of aliphatic hydroxyl groups excluding tert-OH is 1. The van der Waals surface area contributed by atoms with Gasteiger partial charge in [-0.05, 0) is 41.5 Å². The van der Waals surface area contributed by atoms with Gasteiger partial charge in [-0.3, -0.25) is 4.90 Å². The average molecular weight is 260 g/mol. The molecule has 0 spiro atoms. The Labute approximate surface area is 113 Å². The third-order valence-electron chi connectivity index (χ3n) is 2.88. The molecule has 110 valence electrons. The summed E-state index contributed by atoms with van der Waals surface area (Å²) in [5, 5.41) is 13.0. The minimum atomic E-state index is -0.418. The van der Waals surface area contributed by atoms with Crippen molar-refractivity contribution in [3.8, 4) is 0 Å². The molecule has 0 saturated heterocycles. The molecule has 1 unspecified atom stereocenters. The number of hydrogen-bond acceptors (Lipinski definition) is 4. The Balaban J connectivity index is 3.65. The van der Waals surface area contributed by atoms with Crippen molar-refractivity contribution < 1.29 is 9.84 Å². The molecular formula is C14H32N2O2. The van der Waals surface area contributed by atoms with Crippen LogP contribution in [0.25, 0.3) is 0 Å². The van der Waals surface area contributed by atoms with E-state index in [1.165, 1.54) is 0 Å². The van der Waals surface area contributed by atoms with Crippen molar-refractivity contribution in [3.63, 3.8) is 0 Å². The monoisotopic (exact) mass is 260 g/mol. The highest BCUT2D eigenvalue weighted by molar-refractivity contribution is 4.69. The van der Waals surface area contributed by atoms with Crippen molar-refractivity contribution in [2.45, 2.75) is 65.8 Å². The first-order chi connectivity index (χ1) is 8.34. The van der Waals surface area contributed by atoms with Crippen LogP contribution < -0.4 is 5.32 Å². The number of nitrogens with one attached hydrogen (secondary N) is 1. The van der Waals surface area contributed by atoms with Crippen molar-refractivity contribution >= 4 is 0 Å². The maximum absolute atomic E-state index is 9.68. The van der Waals surface area contributed by atoms with E-state index in [4.69, 9.17) is 4.74 Å². The molecule has 0 aliphatic rings. The molecule has 0 radical (unpaired) electrons. The Morgan fingerprint density at radius 2 is 1.61 bits per heavy atom. The summed E-state index contributed by atoms with van der Waals surface area (Å²) >= 11 is 0. The molecule has 18 heavy (non-hydrogen) atoms. The minimum absolute atomic E-state index is 0.178. The fraction of sp³-hybridized carbons (Fsp3) is 1.00. The molecule has 0 aromatic heterocycles. The summed E-state index contributed by atoms with van der Waals surface area (Å²) in [6, 6.07) is 1.11. The smallest absolute Gasteiger partial charge is 0.0897 e. The van der Waals surface area contributed by atoms with Gasteiger partial charge in [-0.1, -0.05) is 0 Å². The second-order valence-corrected chi connectivity index (χ2v) is 5.67. The first-order valence-electron chi connectivity index (χ1n) is 7.10. The first kappa shape index (κ1) is 17.8. The normalized spacial score (nSPS) is 14.2. The average Bonchev–Trinajstić information content (AvgIpc) is 2.24. The van der Waals surface area contributed by atoms with E-state index in [0.29, 0.717) is 25.2 Å². The second kappa shape index (κ2) is 9.73. The maximum Gasteiger partial charge on any atom is 0.0897 e. The highest BCUT2D eigenvalue weighted by Crippen LogP contribution is 2.03. The van der Waals surface area contributed by atoms with E-state index in [0.717, 1.165) is 13.1 Å². The van der Waals surface area contributed by atoms with Gasteiger partial charge >= 0.3 is 0 Å². The molecule has 0 aliphatic heterocycles. The number of hydrogen-bond donors (Lipinski definition) is 2. The number of nitrogens with zero attached hydrogens (tertiary/aromatic N) is 1. The van der Waals surface area contributed by atoms with Crippen LogP contribution in [-0.2, 0) is 4.74 Å². The molecule has 2 N–H and O–H groups in total. The lowest BCUT2D eigenvalue weighted by atomic mass is 10.2. The van der Waals surface area contributed by atoms with Crippen molar-refractivity contribution in [2.75, 3.05) is 26.2 Å². The van der Waals surface area contributed by atoms with E-state index < -0.39 is 6.10 Å². The van der Waals surface area contributed by atoms with E-state index in [1.54, 1.807) is 0 Å². The van der Waals surface area contributed by atoms with Crippen molar-refractivity contribution in [1.29, 1.82) is 0 Å². The summed E-state index contributed by atoms with van der Waals surface area (Å²) in [7, 11) is 0. The number of ether oxygens (including phenoxy) is 1. The van der Waals surface area contributed by atoms with Crippen LogP contribution in [0.3, 0.4) is 0 Å². The summed E-state index contributed by atoms with van der Waals surface area (Å²) in [5.74, 6) is 0. The molecule has 0 amide bonds. The van der Waals surface area contributed by atoms with E-state index >= 15 is 0 Å². The zero-order valence-electron chi connectivity index (χ0n) is 12.9. The van der Waals surface area contributed by atoms with Gasteiger partial charge in [-0.15, -0.1) is 0 Å². The molecule has 0 bridgehead atoms. The van der Waals surface area contributed by atoms with Crippen LogP contribution in [-0.4, -0.2) is 60.5 Å². The highest BCUT2D eigenvalue weighted by Gasteiger charge is 2.12. The third-order valence-corrected chi connectivity index (χ3v) is 2.88. The lowest BCUT2D eigenvalue weighted by Crippen LogP contribution is -2.43. The Bertz CT molecular complexity index is 188. The summed E-state index contributed by atoms with van der Waals surface area (Å²) in [5.41, 5.74) is 0. The summed E-state index contributed by atoms with van der Waals surface area (Å²) < 4.78 is 5.36. The summed E-state index contributed by atoms with van der Waals surface area (Å²) in [6.07, 6.45) is -0.240. The lowest BCUT2D eigenvalue weighted by Gasteiger charge is -2.30. The Morgan fingerprint density at radius 3 is 2.06 bits per heavy atom. The fourth-order valence-electron chi connectivity index (χ4n) is 1.95. The molecule has 4 heteroatoms. The van der Waals surface area contributed by atoms with Crippen molar-refractivity contribution in [3.05, 3.63) is 0 Å². The van der Waals surface area contributed by atoms with Gasteiger partial charge in [-0.25, -0.2) is 0 Å². The molecule has 0 saturated carbocycles. The van der Waals surface area contributed by atoms with Crippen LogP contribution in [0.15, 0.2) is 0 Å². The van der Waals surface area contributed by atoms with Gasteiger partial charge in [0.05, 0.1) is 18.8 Å². The Kier molecular flexibility index (Phi) is 9.64. The first-order valence-corrected chi connectivity index (χ1v) is 7.10. The standard InChI is InChI=1S/C14H32N2O2/c1-11(2)16(12(3)4)8-7-15-9-14(17)10-18-13(5)6/h11-15,17H,7-10H2,1-6H3. The molecule has 0 aromatic carbocycles. The zero-order valence-corrected chi connectivity index (χ0v) is 12.9. The number of rotatable bonds is 10. The van der Waals surface area contributed by atoms with E-state index in [-0.39, 0.29) is 6.10 Å². The topological polar surface area (TPSA) is 44.7 Å². The highest BCUT2D eigenvalue weighted by atomic mass is 16.5.